The first-order chi connectivity index (χ1) is 5.57. The minimum absolute atomic E-state index is 0.689. The van der Waals surface area contributed by atoms with Crippen molar-refractivity contribution in [3.05, 3.63) is 23.8 Å². The lowest BCUT2D eigenvalue weighted by atomic mass is 10.1. The van der Waals surface area contributed by atoms with Crippen LogP contribution in [0.3, 0.4) is 0 Å². The quantitative estimate of drug-likeness (QED) is 0.355. The van der Waals surface area contributed by atoms with Crippen LogP contribution in [0.25, 0.3) is 0 Å². The van der Waals surface area contributed by atoms with E-state index >= 15 is 0 Å². The molecule has 2 heteroatoms. The maximum Gasteiger partial charge on any atom is 0.0848 e. The molecule has 0 heterocycles. The summed E-state index contributed by atoms with van der Waals surface area (Å²) in [6, 6.07) is 0. The largest absolute Gasteiger partial charge is 0.369 e. The summed E-state index contributed by atoms with van der Waals surface area (Å²) in [7, 11) is 3.91. The molecule has 0 aromatic rings. The third kappa shape index (κ3) is 4.72. The highest BCUT2D eigenvalue weighted by molar-refractivity contribution is 5.54. The van der Waals surface area contributed by atoms with Crippen molar-refractivity contribution in [2.45, 2.75) is 13.8 Å². The van der Waals surface area contributed by atoms with E-state index in [2.05, 4.69) is 11.6 Å². The molecule has 0 saturated carbocycles. The molecule has 0 aliphatic rings. The third-order valence-electron chi connectivity index (χ3n) is 1.59. The second-order valence-electron chi connectivity index (χ2n) is 3.00. The Morgan fingerprint density at radius 3 is 2.50 bits per heavy atom. The van der Waals surface area contributed by atoms with Crippen molar-refractivity contribution >= 4 is 6.34 Å². The average Bonchev–Trinajstić information content (AvgIpc) is 2.02. The van der Waals surface area contributed by atoms with E-state index in [4.69, 9.17) is 0 Å². The molecule has 0 aliphatic heterocycles. The van der Waals surface area contributed by atoms with E-state index in [1.54, 1.807) is 6.34 Å². The van der Waals surface area contributed by atoms with Crippen LogP contribution < -0.4 is 0 Å². The van der Waals surface area contributed by atoms with Gasteiger partial charge in [-0.25, -0.2) is 0 Å². The predicted octanol–water partition coefficient (Wildman–Crippen LogP) is 2.10. The highest BCUT2D eigenvalue weighted by Gasteiger charge is 1.92. The van der Waals surface area contributed by atoms with E-state index in [0.717, 1.165) is 5.57 Å². The van der Waals surface area contributed by atoms with Crippen LogP contribution in [0.5, 0.6) is 0 Å². The topological polar surface area (TPSA) is 15.6 Å². The Balaban J connectivity index is 3.88. The fraction of sp³-hybridized carbons (Fsp3) is 0.500. The first kappa shape index (κ1) is 11.0. The van der Waals surface area contributed by atoms with Crippen molar-refractivity contribution < 1.29 is 0 Å². The summed E-state index contributed by atoms with van der Waals surface area (Å²) < 4.78 is 0. The van der Waals surface area contributed by atoms with Crippen LogP contribution in [0.2, 0.25) is 0 Å². The van der Waals surface area contributed by atoms with Crippen LogP contribution in [0.1, 0.15) is 13.8 Å². The van der Waals surface area contributed by atoms with E-state index in [-0.39, 0.29) is 0 Å². The van der Waals surface area contributed by atoms with Gasteiger partial charge in [-0.05, 0) is 19.4 Å². The summed E-state index contributed by atoms with van der Waals surface area (Å²) in [6.07, 6.45) is 3.85. The van der Waals surface area contributed by atoms with Gasteiger partial charge in [0.15, 0.2) is 0 Å². The zero-order valence-corrected chi connectivity index (χ0v) is 8.46. The minimum atomic E-state index is 0.689. The van der Waals surface area contributed by atoms with Gasteiger partial charge in [0, 0.05) is 14.1 Å². The monoisotopic (exact) mass is 166 g/mol. The molecule has 0 aromatic carbocycles. The van der Waals surface area contributed by atoms with Crippen LogP contribution in [0.4, 0.5) is 0 Å². The summed E-state index contributed by atoms with van der Waals surface area (Å²) in [5.74, 6) is 0. The third-order valence-corrected chi connectivity index (χ3v) is 1.59. The number of rotatable bonds is 4. The molecule has 68 valence electrons. The van der Waals surface area contributed by atoms with Gasteiger partial charge in [-0.15, -0.1) is 0 Å². The van der Waals surface area contributed by atoms with Gasteiger partial charge in [0.2, 0.25) is 0 Å². The highest BCUT2D eigenvalue weighted by atomic mass is 15.1. The molecular weight excluding hydrogens is 148 g/mol. The first-order valence-corrected chi connectivity index (χ1v) is 4.05. The van der Waals surface area contributed by atoms with Crippen molar-refractivity contribution in [3.63, 3.8) is 0 Å². The predicted molar refractivity (Wildman–Crippen MR) is 55.6 cm³/mol. The molecule has 0 atom stereocenters. The smallest absolute Gasteiger partial charge is 0.0848 e. The van der Waals surface area contributed by atoms with Gasteiger partial charge in [0.05, 0.1) is 12.9 Å². The zero-order valence-electron chi connectivity index (χ0n) is 8.46. The van der Waals surface area contributed by atoms with E-state index in [0.29, 0.717) is 6.54 Å². The van der Waals surface area contributed by atoms with Crippen LogP contribution in [-0.2, 0) is 0 Å². The molecular formula is C10H18N2. The summed E-state index contributed by atoms with van der Waals surface area (Å²) in [4.78, 5) is 6.12. The lowest BCUT2D eigenvalue weighted by Gasteiger charge is -2.04. The van der Waals surface area contributed by atoms with Gasteiger partial charge in [0.1, 0.15) is 0 Å². The van der Waals surface area contributed by atoms with E-state index in [1.165, 1.54) is 5.57 Å². The fourth-order valence-corrected chi connectivity index (χ4v) is 0.643. The minimum Gasteiger partial charge on any atom is -0.369 e. The van der Waals surface area contributed by atoms with Gasteiger partial charge in [-0.2, -0.15) is 0 Å². The maximum atomic E-state index is 4.20. The lowest BCUT2D eigenvalue weighted by molar-refractivity contribution is 0.640. The Morgan fingerprint density at radius 1 is 1.50 bits per heavy atom. The highest BCUT2D eigenvalue weighted by Crippen LogP contribution is 2.05. The molecule has 0 bridgehead atoms. The number of hydrogen-bond acceptors (Lipinski definition) is 1. The molecule has 0 aromatic heterocycles. The second kappa shape index (κ2) is 5.58. The normalized spacial score (nSPS) is 12.2. The van der Waals surface area contributed by atoms with Crippen LogP contribution >= 0.6 is 0 Å². The second-order valence-corrected chi connectivity index (χ2v) is 3.00. The van der Waals surface area contributed by atoms with Gasteiger partial charge in [-0.3, -0.25) is 4.99 Å². The fourth-order valence-electron chi connectivity index (χ4n) is 0.643. The first-order valence-electron chi connectivity index (χ1n) is 4.05. The molecule has 2 nitrogen and oxygen atoms in total. The Bertz CT molecular complexity index is 200. The Hall–Kier alpha value is -1.05. The molecule has 0 aliphatic carbocycles. The number of nitrogens with zero attached hydrogens (tertiary/aromatic N) is 2. The molecule has 0 rings (SSSR count). The summed E-state index contributed by atoms with van der Waals surface area (Å²) in [6.45, 7) is 8.67. The molecule has 0 spiro atoms. The maximum absolute atomic E-state index is 4.20. The Labute approximate surface area is 75.3 Å². The Kier molecular flexibility index (Phi) is 5.09. The number of allylic oxidation sites excluding steroid dienone is 1. The Morgan fingerprint density at radius 2 is 2.08 bits per heavy atom. The van der Waals surface area contributed by atoms with Gasteiger partial charge >= 0.3 is 0 Å². The van der Waals surface area contributed by atoms with Crippen molar-refractivity contribution in [2.75, 3.05) is 20.6 Å². The molecule has 0 N–H and O–H groups in total. The van der Waals surface area contributed by atoms with Crippen LogP contribution in [0.15, 0.2) is 28.8 Å². The molecule has 0 fully saturated rings. The lowest BCUT2D eigenvalue weighted by Crippen LogP contribution is -2.08. The molecule has 0 saturated heterocycles. The zero-order chi connectivity index (χ0) is 9.56. The van der Waals surface area contributed by atoms with Crippen molar-refractivity contribution in [1.29, 1.82) is 0 Å². The van der Waals surface area contributed by atoms with Crippen molar-refractivity contribution in [1.82, 2.24) is 4.90 Å². The molecule has 0 amide bonds. The summed E-state index contributed by atoms with van der Waals surface area (Å²) >= 11 is 0. The average molecular weight is 166 g/mol. The molecule has 12 heavy (non-hydrogen) atoms. The number of hydrogen-bond donors (Lipinski definition) is 0. The standard InChI is InChI=1S/C10H18N2/c1-6-9(2)10(3)7-11-8-12(4)5/h6,8H,3,7H2,1-2,4-5H3. The van der Waals surface area contributed by atoms with Gasteiger partial charge in [0.25, 0.3) is 0 Å². The van der Waals surface area contributed by atoms with E-state index < -0.39 is 0 Å². The van der Waals surface area contributed by atoms with Gasteiger partial charge in [-0.1, -0.05) is 18.2 Å². The SMILES string of the molecule is C=C(CN=CN(C)C)C(C)=CC. The molecule has 0 unspecified atom stereocenters. The summed E-state index contributed by atoms with van der Waals surface area (Å²) in [5.41, 5.74) is 2.29. The van der Waals surface area contributed by atoms with Crippen LogP contribution in [0, 0.1) is 0 Å². The number of aliphatic imine (C=N–C) groups is 1. The van der Waals surface area contributed by atoms with Gasteiger partial charge < -0.3 is 4.90 Å². The molecule has 0 radical (unpaired) electrons. The van der Waals surface area contributed by atoms with E-state index in [9.17, 15) is 0 Å². The summed E-state index contributed by atoms with van der Waals surface area (Å²) in [5, 5.41) is 0. The van der Waals surface area contributed by atoms with Crippen LogP contribution in [-0.4, -0.2) is 31.9 Å². The van der Waals surface area contributed by atoms with Crippen molar-refractivity contribution in [2.24, 2.45) is 4.99 Å². The van der Waals surface area contributed by atoms with Crippen molar-refractivity contribution in [3.8, 4) is 0 Å². The van der Waals surface area contributed by atoms with E-state index in [1.807, 2.05) is 38.9 Å².